The molecule has 2 aromatic heterocycles. The fourth-order valence-electron chi connectivity index (χ4n) is 4.60. The van der Waals surface area contributed by atoms with E-state index in [4.69, 9.17) is 9.15 Å². The van der Waals surface area contributed by atoms with Crippen LogP contribution >= 0.6 is 0 Å². The number of ether oxygens (including phenoxy) is 1. The number of carbonyl (C=O) groups is 1. The van der Waals surface area contributed by atoms with Crippen molar-refractivity contribution in [2.24, 2.45) is 0 Å². The van der Waals surface area contributed by atoms with E-state index in [0.717, 1.165) is 56.6 Å². The summed E-state index contributed by atoms with van der Waals surface area (Å²) in [6.07, 6.45) is 6.10. The molecule has 0 spiro atoms. The summed E-state index contributed by atoms with van der Waals surface area (Å²) in [4.78, 5) is 15.1. The van der Waals surface area contributed by atoms with Crippen molar-refractivity contribution in [2.75, 3.05) is 13.7 Å². The smallest absolute Gasteiger partial charge is 0.216 e. The van der Waals surface area contributed by atoms with E-state index < -0.39 is 0 Å². The number of hydrogen-bond donors (Lipinski definition) is 2. The van der Waals surface area contributed by atoms with E-state index >= 15 is 0 Å². The molecule has 0 saturated carbocycles. The summed E-state index contributed by atoms with van der Waals surface area (Å²) in [5.41, 5.74) is 6.35. The van der Waals surface area contributed by atoms with Gasteiger partial charge in [0, 0.05) is 46.8 Å². The van der Waals surface area contributed by atoms with Crippen molar-refractivity contribution in [3.63, 3.8) is 0 Å². The number of rotatable bonds is 5. The van der Waals surface area contributed by atoms with Crippen molar-refractivity contribution < 1.29 is 13.9 Å². The minimum atomic E-state index is -0.0273. The molecule has 1 aliphatic rings. The molecular formula is C26H26N2O3. The third-order valence-electron chi connectivity index (χ3n) is 6.14. The number of aromatic amines is 1. The van der Waals surface area contributed by atoms with Crippen LogP contribution in [-0.4, -0.2) is 24.5 Å². The number of para-hydroxylation sites is 1. The zero-order valence-corrected chi connectivity index (χ0v) is 18.0. The standard InChI is InChI=1S/C26H26N2O3/c1-15-6-4-7-19-20-8-5-9-21(26(20)31-25(15)19)24-18(12-13-27-16(2)29)22-14-17(30-3)10-11-23(22)28-24/h4-5,7-11,14-15,28H,6,12-13H2,1-3H3,(H,27,29). The third-order valence-corrected chi connectivity index (χ3v) is 6.14. The van der Waals surface area contributed by atoms with Gasteiger partial charge in [-0.15, -0.1) is 0 Å². The third kappa shape index (κ3) is 3.30. The summed E-state index contributed by atoms with van der Waals surface area (Å²) < 4.78 is 11.9. The Labute approximate surface area is 181 Å². The lowest BCUT2D eigenvalue weighted by atomic mass is 9.93. The van der Waals surface area contributed by atoms with E-state index in [1.54, 1.807) is 14.0 Å². The van der Waals surface area contributed by atoms with Gasteiger partial charge in [-0.2, -0.15) is 0 Å². The van der Waals surface area contributed by atoms with Gasteiger partial charge in [0.2, 0.25) is 5.91 Å². The second-order valence-electron chi connectivity index (χ2n) is 8.22. The van der Waals surface area contributed by atoms with Crippen LogP contribution in [0.3, 0.4) is 0 Å². The van der Waals surface area contributed by atoms with Gasteiger partial charge in [-0.25, -0.2) is 0 Å². The lowest BCUT2D eigenvalue weighted by Crippen LogP contribution is -2.22. The van der Waals surface area contributed by atoms with Crippen LogP contribution in [0.4, 0.5) is 0 Å². The Morgan fingerprint density at radius 1 is 1.26 bits per heavy atom. The number of hydrogen-bond acceptors (Lipinski definition) is 3. The van der Waals surface area contributed by atoms with Gasteiger partial charge in [0.25, 0.3) is 0 Å². The second-order valence-corrected chi connectivity index (χ2v) is 8.22. The van der Waals surface area contributed by atoms with Gasteiger partial charge in [-0.3, -0.25) is 4.79 Å². The first-order chi connectivity index (χ1) is 15.1. The molecule has 4 aromatic rings. The Kier molecular flexibility index (Phi) is 4.81. The molecule has 2 N–H and O–H groups in total. The number of H-pyrrole nitrogens is 1. The first-order valence-electron chi connectivity index (χ1n) is 10.7. The number of methoxy groups -OCH3 is 1. The molecule has 0 bridgehead atoms. The number of allylic oxidation sites excluding steroid dienone is 1. The number of amides is 1. The summed E-state index contributed by atoms with van der Waals surface area (Å²) in [6.45, 7) is 4.32. The van der Waals surface area contributed by atoms with E-state index in [1.807, 2.05) is 12.1 Å². The Balaban J connectivity index is 1.72. The fraction of sp³-hybridized carbons (Fsp3) is 0.269. The van der Waals surface area contributed by atoms with Crippen molar-refractivity contribution in [1.82, 2.24) is 10.3 Å². The molecule has 1 atom stereocenters. The Hall–Kier alpha value is -3.47. The molecule has 1 unspecified atom stereocenters. The Bertz CT molecular complexity index is 1330. The molecule has 31 heavy (non-hydrogen) atoms. The minimum Gasteiger partial charge on any atom is -0.497 e. The van der Waals surface area contributed by atoms with Crippen LogP contribution in [0.1, 0.15) is 43.1 Å². The average Bonchev–Trinajstić information content (AvgIpc) is 3.32. The molecule has 1 amide bonds. The number of benzene rings is 2. The molecule has 0 fully saturated rings. The largest absolute Gasteiger partial charge is 0.497 e. The number of aromatic nitrogens is 1. The highest BCUT2D eigenvalue weighted by Gasteiger charge is 2.24. The molecule has 5 nitrogen and oxygen atoms in total. The van der Waals surface area contributed by atoms with E-state index in [0.29, 0.717) is 18.9 Å². The summed E-state index contributed by atoms with van der Waals surface area (Å²) in [5.74, 6) is 2.21. The van der Waals surface area contributed by atoms with E-state index in [-0.39, 0.29) is 5.91 Å². The monoisotopic (exact) mass is 414 g/mol. The molecule has 5 heteroatoms. The van der Waals surface area contributed by atoms with Gasteiger partial charge in [-0.05, 0) is 42.7 Å². The zero-order chi connectivity index (χ0) is 21.5. The van der Waals surface area contributed by atoms with Gasteiger partial charge >= 0.3 is 0 Å². The lowest BCUT2D eigenvalue weighted by Gasteiger charge is -2.10. The molecule has 1 aliphatic carbocycles. The second kappa shape index (κ2) is 7.65. The highest BCUT2D eigenvalue weighted by molar-refractivity contribution is 6.01. The SMILES string of the molecule is COc1ccc2[nH]c(-c3cccc4c5c(oc34)C(C)CC=C5)c(CCNC(C)=O)c2c1. The fourth-order valence-corrected chi connectivity index (χ4v) is 4.60. The highest BCUT2D eigenvalue weighted by atomic mass is 16.5. The summed E-state index contributed by atoms with van der Waals surface area (Å²) in [7, 11) is 1.68. The number of carbonyl (C=O) groups excluding carboxylic acids is 1. The van der Waals surface area contributed by atoms with Crippen molar-refractivity contribution in [2.45, 2.75) is 32.6 Å². The maximum atomic E-state index is 11.4. The first kappa shape index (κ1) is 19.5. The molecule has 2 heterocycles. The van der Waals surface area contributed by atoms with Gasteiger partial charge in [0.05, 0.1) is 12.8 Å². The molecule has 0 aliphatic heterocycles. The molecule has 0 saturated heterocycles. The summed E-state index contributed by atoms with van der Waals surface area (Å²) >= 11 is 0. The quantitative estimate of drug-likeness (QED) is 0.434. The van der Waals surface area contributed by atoms with Gasteiger partial charge in [0.1, 0.15) is 17.1 Å². The minimum absolute atomic E-state index is 0.0273. The Morgan fingerprint density at radius 2 is 2.13 bits per heavy atom. The normalized spacial score (nSPS) is 15.4. The number of furan rings is 1. The van der Waals surface area contributed by atoms with Crippen LogP contribution in [0.2, 0.25) is 0 Å². The molecule has 158 valence electrons. The molecule has 2 aromatic carbocycles. The van der Waals surface area contributed by atoms with Crippen LogP contribution in [-0.2, 0) is 11.2 Å². The van der Waals surface area contributed by atoms with Gasteiger partial charge in [-0.1, -0.05) is 31.2 Å². The van der Waals surface area contributed by atoms with Crippen LogP contribution in [0, 0.1) is 0 Å². The van der Waals surface area contributed by atoms with Gasteiger partial charge in [0.15, 0.2) is 0 Å². The lowest BCUT2D eigenvalue weighted by molar-refractivity contribution is -0.118. The number of nitrogens with one attached hydrogen (secondary N) is 2. The maximum absolute atomic E-state index is 11.4. The van der Waals surface area contributed by atoms with Crippen molar-refractivity contribution >= 4 is 33.9 Å². The molecule has 0 radical (unpaired) electrons. The number of fused-ring (bicyclic) bond motifs is 4. The van der Waals surface area contributed by atoms with Crippen LogP contribution in [0.15, 0.2) is 46.9 Å². The predicted molar refractivity (Wildman–Crippen MR) is 125 cm³/mol. The maximum Gasteiger partial charge on any atom is 0.216 e. The van der Waals surface area contributed by atoms with Crippen LogP contribution < -0.4 is 10.1 Å². The Morgan fingerprint density at radius 3 is 2.94 bits per heavy atom. The zero-order valence-electron chi connectivity index (χ0n) is 18.0. The summed E-state index contributed by atoms with van der Waals surface area (Å²) in [6, 6.07) is 12.4. The topological polar surface area (TPSA) is 67.3 Å². The van der Waals surface area contributed by atoms with E-state index in [2.05, 4.69) is 53.6 Å². The predicted octanol–water partition coefficient (Wildman–Crippen LogP) is 5.79. The van der Waals surface area contributed by atoms with Crippen LogP contribution in [0.5, 0.6) is 5.75 Å². The molecule has 5 rings (SSSR count). The first-order valence-corrected chi connectivity index (χ1v) is 10.7. The van der Waals surface area contributed by atoms with Crippen molar-refractivity contribution in [1.29, 1.82) is 0 Å². The summed E-state index contributed by atoms with van der Waals surface area (Å²) in [5, 5.41) is 5.16. The van der Waals surface area contributed by atoms with Crippen molar-refractivity contribution in [3.8, 4) is 17.0 Å². The highest BCUT2D eigenvalue weighted by Crippen LogP contribution is 2.42. The average molecular weight is 415 g/mol. The van der Waals surface area contributed by atoms with Gasteiger partial charge < -0.3 is 19.5 Å². The van der Waals surface area contributed by atoms with Crippen molar-refractivity contribution in [3.05, 3.63) is 59.4 Å². The molecular weight excluding hydrogens is 388 g/mol. The van der Waals surface area contributed by atoms with E-state index in [1.165, 1.54) is 5.56 Å². The van der Waals surface area contributed by atoms with Crippen LogP contribution in [0.25, 0.3) is 39.2 Å². The van der Waals surface area contributed by atoms with E-state index in [9.17, 15) is 4.79 Å².